The molecule has 0 unspecified atom stereocenters. The van der Waals surface area contributed by atoms with Crippen molar-refractivity contribution in [2.24, 2.45) is 0 Å². The average molecular weight is 363 g/mol. The van der Waals surface area contributed by atoms with Crippen LogP contribution in [0.25, 0.3) is 5.69 Å². The van der Waals surface area contributed by atoms with E-state index in [2.05, 4.69) is 15.5 Å². The van der Waals surface area contributed by atoms with Crippen molar-refractivity contribution in [3.05, 3.63) is 66.2 Å². The summed E-state index contributed by atoms with van der Waals surface area (Å²) in [5, 5.41) is 10.3. The lowest BCUT2D eigenvalue weighted by Gasteiger charge is -2.05. The quantitative estimate of drug-likeness (QED) is 0.732. The van der Waals surface area contributed by atoms with Crippen LogP contribution in [0, 0.1) is 0 Å². The molecule has 6 nitrogen and oxygen atoms in total. The lowest BCUT2D eigenvalue weighted by atomic mass is 10.2. The van der Waals surface area contributed by atoms with Crippen LogP contribution in [0.3, 0.4) is 0 Å². The van der Waals surface area contributed by atoms with Crippen molar-refractivity contribution in [3.8, 4) is 5.69 Å². The van der Waals surface area contributed by atoms with Gasteiger partial charge in [-0.2, -0.15) is 23.4 Å². The summed E-state index contributed by atoms with van der Waals surface area (Å²) in [6.07, 6.45) is 0.755. The smallest absolute Gasteiger partial charge is 0.354 e. The van der Waals surface area contributed by atoms with E-state index in [9.17, 15) is 18.0 Å². The molecule has 9 heteroatoms. The minimum Gasteiger partial charge on any atom is -0.354 e. The number of rotatable bonds is 6. The fourth-order valence-corrected chi connectivity index (χ4v) is 2.36. The minimum atomic E-state index is -4.51. The van der Waals surface area contributed by atoms with Gasteiger partial charge in [-0.1, -0.05) is 18.2 Å². The van der Waals surface area contributed by atoms with Gasteiger partial charge in [-0.15, -0.1) is 0 Å². The predicted molar refractivity (Wildman–Crippen MR) is 87.5 cm³/mol. The molecule has 2 aromatic heterocycles. The third-order valence-electron chi connectivity index (χ3n) is 3.63. The highest BCUT2D eigenvalue weighted by Crippen LogP contribution is 2.27. The molecule has 1 aromatic carbocycles. The lowest BCUT2D eigenvalue weighted by molar-refractivity contribution is -0.141. The first-order chi connectivity index (χ1) is 12.4. The molecule has 0 saturated carbocycles. The second-order valence-electron chi connectivity index (χ2n) is 5.62. The summed E-state index contributed by atoms with van der Waals surface area (Å²) in [4.78, 5) is 11.8. The molecular formula is C17H16F3N5O. The van der Waals surface area contributed by atoms with Gasteiger partial charge >= 0.3 is 6.18 Å². The van der Waals surface area contributed by atoms with Gasteiger partial charge in [0.25, 0.3) is 0 Å². The Morgan fingerprint density at radius 2 is 1.92 bits per heavy atom. The maximum Gasteiger partial charge on any atom is 0.435 e. The highest BCUT2D eigenvalue weighted by molar-refractivity contribution is 5.75. The van der Waals surface area contributed by atoms with Crippen molar-refractivity contribution in [1.82, 2.24) is 24.9 Å². The highest BCUT2D eigenvalue weighted by Gasteiger charge is 2.33. The summed E-state index contributed by atoms with van der Waals surface area (Å²) in [6.45, 7) is 0.0894. The molecule has 136 valence electrons. The maximum absolute atomic E-state index is 12.5. The number of hydrogen-bond donors (Lipinski definition) is 1. The molecule has 0 aliphatic carbocycles. The monoisotopic (exact) mass is 363 g/mol. The van der Waals surface area contributed by atoms with Gasteiger partial charge in [0, 0.05) is 18.9 Å². The van der Waals surface area contributed by atoms with Crippen LogP contribution in [-0.2, 0) is 23.9 Å². The number of benzene rings is 1. The van der Waals surface area contributed by atoms with Crippen LogP contribution < -0.4 is 5.32 Å². The largest absolute Gasteiger partial charge is 0.435 e. The van der Waals surface area contributed by atoms with Crippen LogP contribution in [0.15, 0.2) is 55.0 Å². The van der Waals surface area contributed by atoms with Gasteiger partial charge in [0.05, 0.1) is 11.9 Å². The van der Waals surface area contributed by atoms with Crippen molar-refractivity contribution < 1.29 is 18.0 Å². The number of amides is 1. The molecule has 0 atom stereocenters. The van der Waals surface area contributed by atoms with Crippen molar-refractivity contribution in [2.45, 2.75) is 19.1 Å². The number of halogens is 3. The van der Waals surface area contributed by atoms with E-state index in [-0.39, 0.29) is 6.54 Å². The van der Waals surface area contributed by atoms with Crippen LogP contribution in [0.2, 0.25) is 0 Å². The van der Waals surface area contributed by atoms with Gasteiger partial charge in [-0.05, 0) is 30.2 Å². The molecule has 0 aliphatic heterocycles. The topological polar surface area (TPSA) is 64.7 Å². The standard InChI is InChI=1S/C17H16F3N5O/c18-17(19,20)15-7-9-24(23-15)12-16(26)21-8-6-13-10-22-25(11-13)14-4-2-1-3-5-14/h1-5,7,9-11H,6,8,12H2,(H,21,26). The summed E-state index contributed by atoms with van der Waals surface area (Å²) < 4.78 is 40.1. The first-order valence-corrected chi connectivity index (χ1v) is 7.88. The number of alkyl halides is 3. The van der Waals surface area contributed by atoms with Gasteiger partial charge in [0.2, 0.25) is 5.91 Å². The van der Waals surface area contributed by atoms with Crippen molar-refractivity contribution in [1.29, 1.82) is 0 Å². The third kappa shape index (κ3) is 4.50. The first-order valence-electron chi connectivity index (χ1n) is 7.88. The molecule has 3 rings (SSSR count). The van der Waals surface area contributed by atoms with Crippen molar-refractivity contribution in [3.63, 3.8) is 0 Å². The van der Waals surface area contributed by atoms with E-state index in [0.717, 1.165) is 28.2 Å². The average Bonchev–Trinajstić information content (AvgIpc) is 3.25. The van der Waals surface area contributed by atoms with Gasteiger partial charge in [-0.3, -0.25) is 9.48 Å². The van der Waals surface area contributed by atoms with E-state index >= 15 is 0 Å². The Bertz CT molecular complexity index is 870. The van der Waals surface area contributed by atoms with Crippen LogP contribution in [0.1, 0.15) is 11.3 Å². The van der Waals surface area contributed by atoms with Crippen molar-refractivity contribution >= 4 is 5.91 Å². The Hall–Kier alpha value is -3.10. The van der Waals surface area contributed by atoms with Gasteiger partial charge in [0.1, 0.15) is 6.54 Å². The van der Waals surface area contributed by atoms with Crippen molar-refractivity contribution in [2.75, 3.05) is 6.54 Å². The zero-order chi connectivity index (χ0) is 18.6. The number of carbonyl (C=O) groups excluding carboxylic acids is 1. The summed E-state index contributed by atoms with van der Waals surface area (Å²) in [5.74, 6) is -0.405. The van der Waals surface area contributed by atoms with Crippen LogP contribution >= 0.6 is 0 Å². The van der Waals surface area contributed by atoms with Gasteiger partial charge in [0.15, 0.2) is 5.69 Å². The van der Waals surface area contributed by atoms with E-state index in [4.69, 9.17) is 0 Å². The molecule has 1 N–H and O–H groups in total. The van der Waals surface area contributed by atoms with E-state index < -0.39 is 17.8 Å². The molecule has 0 spiro atoms. The number of carbonyl (C=O) groups is 1. The number of hydrogen-bond acceptors (Lipinski definition) is 3. The second-order valence-corrected chi connectivity index (χ2v) is 5.62. The highest BCUT2D eigenvalue weighted by atomic mass is 19.4. The summed E-state index contributed by atoms with van der Waals surface area (Å²) in [6, 6.07) is 10.4. The molecule has 0 fully saturated rings. The molecule has 0 aliphatic rings. The summed E-state index contributed by atoms with van der Waals surface area (Å²) in [5.41, 5.74) is 0.855. The van der Waals surface area contributed by atoms with E-state index in [1.807, 2.05) is 36.5 Å². The van der Waals surface area contributed by atoms with Crippen LogP contribution in [0.4, 0.5) is 13.2 Å². The lowest BCUT2D eigenvalue weighted by Crippen LogP contribution is -2.29. The fourth-order valence-electron chi connectivity index (χ4n) is 2.36. The molecular weight excluding hydrogens is 347 g/mol. The molecule has 2 heterocycles. The predicted octanol–water partition coefficient (Wildman–Crippen LogP) is 2.45. The molecule has 3 aromatic rings. The van der Waals surface area contributed by atoms with Crippen LogP contribution in [-0.4, -0.2) is 32.0 Å². The molecule has 0 saturated heterocycles. The summed E-state index contributed by atoms with van der Waals surface area (Å²) in [7, 11) is 0. The Balaban J connectivity index is 1.47. The van der Waals surface area contributed by atoms with E-state index in [1.54, 1.807) is 10.9 Å². The zero-order valence-corrected chi connectivity index (χ0v) is 13.6. The first kappa shape index (κ1) is 17.7. The Morgan fingerprint density at radius 3 is 2.62 bits per heavy atom. The number of nitrogens with one attached hydrogen (secondary N) is 1. The Kier molecular flexibility index (Phi) is 5.06. The van der Waals surface area contributed by atoms with Gasteiger partial charge < -0.3 is 5.32 Å². The Morgan fingerprint density at radius 1 is 1.15 bits per heavy atom. The maximum atomic E-state index is 12.5. The van der Waals surface area contributed by atoms with Crippen LogP contribution in [0.5, 0.6) is 0 Å². The number of aromatic nitrogens is 4. The van der Waals surface area contributed by atoms with E-state index in [1.165, 1.54) is 0 Å². The molecule has 1 amide bonds. The minimum absolute atomic E-state index is 0.265. The molecule has 0 bridgehead atoms. The molecule has 0 radical (unpaired) electrons. The van der Waals surface area contributed by atoms with Gasteiger partial charge in [-0.25, -0.2) is 4.68 Å². The third-order valence-corrected chi connectivity index (χ3v) is 3.63. The number of nitrogens with zero attached hydrogens (tertiary/aromatic N) is 4. The fraction of sp³-hybridized carbons (Fsp3) is 0.235. The normalized spacial score (nSPS) is 11.5. The zero-order valence-electron chi connectivity index (χ0n) is 13.6. The van der Waals surface area contributed by atoms with E-state index in [0.29, 0.717) is 13.0 Å². The Labute approximate surface area is 147 Å². The summed E-state index contributed by atoms with van der Waals surface area (Å²) >= 11 is 0. The molecule has 26 heavy (non-hydrogen) atoms. The second kappa shape index (κ2) is 7.42. The SMILES string of the molecule is O=C(Cn1ccc(C(F)(F)F)n1)NCCc1cnn(-c2ccccc2)c1. The number of para-hydroxylation sites is 1.